The summed E-state index contributed by atoms with van der Waals surface area (Å²) in [6.07, 6.45) is 1.11. The van der Waals surface area contributed by atoms with Crippen LogP contribution in [0.4, 0.5) is 5.69 Å². The van der Waals surface area contributed by atoms with Crippen LogP contribution in [0.1, 0.15) is 13.8 Å². The van der Waals surface area contributed by atoms with Crippen LogP contribution in [-0.4, -0.2) is 31.5 Å². The Bertz CT molecular complexity index is 711. The van der Waals surface area contributed by atoms with Crippen LogP contribution in [-0.2, 0) is 10.0 Å². The Kier molecular flexibility index (Phi) is 4.97. The summed E-state index contributed by atoms with van der Waals surface area (Å²) in [6, 6.07) is 10.5. The van der Waals surface area contributed by atoms with Gasteiger partial charge in [0.25, 0.3) is 0 Å². The Morgan fingerprint density at radius 2 is 1.77 bits per heavy atom. The van der Waals surface area contributed by atoms with Crippen molar-refractivity contribution in [3.63, 3.8) is 0 Å². The summed E-state index contributed by atoms with van der Waals surface area (Å²) in [7, 11) is -3.27. The Hall–Kier alpha value is -2.15. The van der Waals surface area contributed by atoms with Gasteiger partial charge in [-0.1, -0.05) is 26.0 Å². The predicted octanol–water partition coefficient (Wildman–Crippen LogP) is 2.55. The fourth-order valence-electron chi connectivity index (χ4n) is 1.73. The molecule has 2 aromatic rings. The lowest BCUT2D eigenvalue weighted by Crippen LogP contribution is -2.09. The van der Waals surface area contributed by atoms with Gasteiger partial charge in [-0.05, 0) is 24.1 Å². The van der Waals surface area contributed by atoms with Gasteiger partial charge in [0, 0.05) is 17.3 Å². The summed E-state index contributed by atoms with van der Waals surface area (Å²) >= 11 is 0. The minimum atomic E-state index is -3.27. The molecule has 0 amide bonds. The van der Waals surface area contributed by atoms with E-state index in [1.807, 2.05) is 6.07 Å². The lowest BCUT2D eigenvalue weighted by atomic mass is 10.1. The Morgan fingerprint density at radius 1 is 1.09 bits per heavy atom. The molecule has 0 saturated heterocycles. The van der Waals surface area contributed by atoms with Crippen molar-refractivity contribution in [2.75, 3.05) is 17.6 Å². The third kappa shape index (κ3) is 5.00. The summed E-state index contributed by atoms with van der Waals surface area (Å²) in [6.45, 7) is 4.72. The largest absolute Gasteiger partial charge is 0.476 e. The first-order valence-corrected chi connectivity index (χ1v) is 8.77. The fourth-order valence-corrected chi connectivity index (χ4v) is 2.29. The monoisotopic (exact) mass is 321 g/mol. The Balaban J connectivity index is 2.08. The summed E-state index contributed by atoms with van der Waals surface area (Å²) in [5, 5.41) is 8.14. The first kappa shape index (κ1) is 16.2. The van der Waals surface area contributed by atoms with Gasteiger partial charge in [-0.15, -0.1) is 10.2 Å². The maximum absolute atomic E-state index is 11.2. The van der Waals surface area contributed by atoms with Crippen LogP contribution in [0.5, 0.6) is 5.88 Å². The third-order valence-electron chi connectivity index (χ3n) is 2.69. The zero-order chi connectivity index (χ0) is 16.2. The SMILES string of the molecule is CC(C)COc1ccc(-c2ccc(NS(C)(=O)=O)cc2)nn1. The molecule has 0 unspecified atom stereocenters. The molecule has 0 aliphatic rings. The molecular weight excluding hydrogens is 302 g/mol. The number of hydrogen-bond donors (Lipinski definition) is 1. The number of ether oxygens (including phenoxy) is 1. The number of nitrogens with zero attached hydrogens (tertiary/aromatic N) is 2. The van der Waals surface area contributed by atoms with Gasteiger partial charge >= 0.3 is 0 Å². The Labute approximate surface area is 130 Å². The van der Waals surface area contributed by atoms with E-state index in [4.69, 9.17) is 4.74 Å². The van der Waals surface area contributed by atoms with Gasteiger partial charge in [0.1, 0.15) is 0 Å². The smallest absolute Gasteiger partial charge is 0.233 e. The van der Waals surface area contributed by atoms with Crippen molar-refractivity contribution >= 4 is 15.7 Å². The number of sulfonamides is 1. The van der Waals surface area contributed by atoms with Crippen molar-refractivity contribution < 1.29 is 13.2 Å². The number of benzene rings is 1. The molecule has 7 heteroatoms. The van der Waals surface area contributed by atoms with Crippen molar-refractivity contribution in [1.29, 1.82) is 0 Å². The lowest BCUT2D eigenvalue weighted by Gasteiger charge is -2.08. The fraction of sp³-hybridized carbons (Fsp3) is 0.333. The second kappa shape index (κ2) is 6.74. The highest BCUT2D eigenvalue weighted by molar-refractivity contribution is 7.92. The third-order valence-corrected chi connectivity index (χ3v) is 3.30. The van der Waals surface area contributed by atoms with Crippen molar-refractivity contribution in [2.24, 2.45) is 5.92 Å². The molecule has 0 fully saturated rings. The summed E-state index contributed by atoms with van der Waals surface area (Å²) in [5.74, 6) is 0.921. The number of nitrogens with one attached hydrogen (secondary N) is 1. The predicted molar refractivity (Wildman–Crippen MR) is 86.3 cm³/mol. The zero-order valence-electron chi connectivity index (χ0n) is 12.8. The highest BCUT2D eigenvalue weighted by Crippen LogP contribution is 2.20. The van der Waals surface area contributed by atoms with E-state index in [9.17, 15) is 8.42 Å². The van der Waals surface area contributed by atoms with E-state index in [0.717, 1.165) is 11.8 Å². The Morgan fingerprint density at radius 3 is 2.27 bits per heavy atom. The molecule has 0 bridgehead atoms. The molecule has 22 heavy (non-hydrogen) atoms. The van der Waals surface area contributed by atoms with Crippen LogP contribution in [0.25, 0.3) is 11.3 Å². The van der Waals surface area contributed by atoms with E-state index < -0.39 is 10.0 Å². The van der Waals surface area contributed by atoms with Crippen LogP contribution >= 0.6 is 0 Å². The van der Waals surface area contributed by atoms with Crippen molar-refractivity contribution in [3.8, 4) is 17.1 Å². The van der Waals surface area contributed by atoms with E-state index in [1.54, 1.807) is 30.3 Å². The van der Waals surface area contributed by atoms with Crippen molar-refractivity contribution in [1.82, 2.24) is 10.2 Å². The summed E-state index contributed by atoms with van der Waals surface area (Å²) in [4.78, 5) is 0. The molecule has 2 rings (SSSR count). The average Bonchev–Trinajstić information content (AvgIpc) is 2.45. The van der Waals surface area contributed by atoms with Gasteiger partial charge in [0.15, 0.2) is 0 Å². The van der Waals surface area contributed by atoms with Crippen LogP contribution in [0.2, 0.25) is 0 Å². The molecule has 1 aromatic carbocycles. The van der Waals surface area contributed by atoms with Crippen LogP contribution in [0.15, 0.2) is 36.4 Å². The molecule has 1 aromatic heterocycles. The maximum Gasteiger partial charge on any atom is 0.233 e. The summed E-state index contributed by atoms with van der Waals surface area (Å²) in [5.41, 5.74) is 2.06. The quantitative estimate of drug-likeness (QED) is 0.884. The van der Waals surface area contributed by atoms with Gasteiger partial charge in [-0.2, -0.15) is 0 Å². The molecule has 0 aliphatic heterocycles. The normalized spacial score (nSPS) is 11.5. The minimum Gasteiger partial charge on any atom is -0.476 e. The highest BCUT2D eigenvalue weighted by Gasteiger charge is 2.05. The molecule has 0 saturated carbocycles. The molecule has 0 spiro atoms. The molecule has 0 aliphatic carbocycles. The van der Waals surface area contributed by atoms with E-state index in [2.05, 4.69) is 28.8 Å². The second-order valence-electron chi connectivity index (χ2n) is 5.41. The number of hydrogen-bond acceptors (Lipinski definition) is 5. The van der Waals surface area contributed by atoms with E-state index >= 15 is 0 Å². The van der Waals surface area contributed by atoms with Crippen LogP contribution in [0, 0.1) is 5.92 Å². The molecule has 1 N–H and O–H groups in total. The second-order valence-corrected chi connectivity index (χ2v) is 7.16. The lowest BCUT2D eigenvalue weighted by molar-refractivity contribution is 0.258. The molecule has 118 valence electrons. The van der Waals surface area contributed by atoms with Crippen LogP contribution in [0.3, 0.4) is 0 Å². The topological polar surface area (TPSA) is 81.2 Å². The van der Waals surface area contributed by atoms with Gasteiger partial charge in [-0.3, -0.25) is 4.72 Å². The van der Waals surface area contributed by atoms with Crippen LogP contribution < -0.4 is 9.46 Å². The summed E-state index contributed by atoms with van der Waals surface area (Å²) < 4.78 is 30.2. The minimum absolute atomic E-state index is 0.427. The van der Waals surface area contributed by atoms with Gasteiger partial charge in [0.2, 0.25) is 15.9 Å². The first-order chi connectivity index (χ1) is 10.3. The van der Waals surface area contributed by atoms with E-state index in [0.29, 0.717) is 29.8 Å². The van der Waals surface area contributed by atoms with Crippen molar-refractivity contribution in [2.45, 2.75) is 13.8 Å². The number of rotatable bonds is 6. The molecule has 0 radical (unpaired) electrons. The molecule has 0 atom stereocenters. The zero-order valence-corrected chi connectivity index (χ0v) is 13.6. The number of aromatic nitrogens is 2. The molecular formula is C15H19N3O3S. The van der Waals surface area contributed by atoms with E-state index in [1.165, 1.54) is 0 Å². The van der Waals surface area contributed by atoms with Gasteiger partial charge < -0.3 is 4.74 Å². The molecule has 1 heterocycles. The maximum atomic E-state index is 11.2. The van der Waals surface area contributed by atoms with Crippen molar-refractivity contribution in [3.05, 3.63) is 36.4 Å². The average molecular weight is 321 g/mol. The van der Waals surface area contributed by atoms with E-state index in [-0.39, 0.29) is 0 Å². The standard InChI is InChI=1S/C15H19N3O3S/c1-11(2)10-21-15-9-8-14(16-17-15)12-4-6-13(7-5-12)18-22(3,19)20/h4-9,11,18H,10H2,1-3H3. The highest BCUT2D eigenvalue weighted by atomic mass is 32.2. The first-order valence-electron chi connectivity index (χ1n) is 6.88. The van der Waals surface area contributed by atoms with Gasteiger partial charge in [0.05, 0.1) is 18.6 Å². The number of anilines is 1. The van der Waals surface area contributed by atoms with Gasteiger partial charge in [-0.25, -0.2) is 8.42 Å². The molecule has 6 nitrogen and oxygen atoms in total.